The van der Waals surface area contributed by atoms with Gasteiger partial charge in [0.25, 0.3) is 0 Å². The molecule has 0 bridgehead atoms. The molecule has 4 heteroatoms. The van der Waals surface area contributed by atoms with Crippen molar-refractivity contribution >= 4 is 15.9 Å². The van der Waals surface area contributed by atoms with Crippen LogP contribution in [0, 0.1) is 0 Å². The molecule has 0 aliphatic carbocycles. The van der Waals surface area contributed by atoms with Gasteiger partial charge >= 0.3 is 0 Å². The lowest BCUT2D eigenvalue weighted by atomic mass is 10.0. The number of aromatic nitrogens is 3. The number of nitrogens with zero attached hydrogens (tertiary/aromatic N) is 3. The van der Waals surface area contributed by atoms with Crippen LogP contribution in [0.1, 0.15) is 31.9 Å². The summed E-state index contributed by atoms with van der Waals surface area (Å²) >= 11 is 3.52. The first kappa shape index (κ1) is 9.71. The zero-order valence-electron chi connectivity index (χ0n) is 7.66. The van der Waals surface area contributed by atoms with Crippen LogP contribution in [0.2, 0.25) is 0 Å². The van der Waals surface area contributed by atoms with Crippen molar-refractivity contribution in [3.8, 4) is 0 Å². The zero-order valence-corrected chi connectivity index (χ0v) is 9.24. The van der Waals surface area contributed by atoms with Gasteiger partial charge in [-0.25, -0.2) is 0 Å². The highest BCUT2D eigenvalue weighted by atomic mass is 79.9. The summed E-state index contributed by atoms with van der Waals surface area (Å²) < 4.78 is 0. The lowest BCUT2D eigenvalue weighted by molar-refractivity contribution is 0.610. The Morgan fingerprint density at radius 2 is 2.25 bits per heavy atom. The lowest BCUT2D eigenvalue weighted by Gasteiger charge is -2.08. The second-order valence-corrected chi connectivity index (χ2v) is 4.74. The van der Waals surface area contributed by atoms with E-state index in [1.54, 1.807) is 4.80 Å². The molecule has 2 unspecified atom stereocenters. The highest BCUT2D eigenvalue weighted by Crippen LogP contribution is 2.20. The quantitative estimate of drug-likeness (QED) is 0.747. The molecule has 2 atom stereocenters. The Morgan fingerprint density at radius 1 is 1.58 bits per heavy atom. The molecule has 3 nitrogen and oxygen atoms in total. The minimum atomic E-state index is 0.480. The largest absolute Gasteiger partial charge is 0.188 e. The van der Waals surface area contributed by atoms with E-state index in [1.807, 2.05) is 13.2 Å². The molecule has 1 rings (SSSR count). The summed E-state index contributed by atoms with van der Waals surface area (Å²) in [6.45, 7) is 4.31. The van der Waals surface area contributed by atoms with E-state index in [9.17, 15) is 0 Å². The second kappa shape index (κ2) is 4.03. The number of halogens is 1. The van der Waals surface area contributed by atoms with Crippen molar-refractivity contribution in [2.45, 2.75) is 31.0 Å². The molecule has 0 fully saturated rings. The molecular formula is C8H14BrN3. The summed E-state index contributed by atoms with van der Waals surface area (Å²) in [6.07, 6.45) is 2.93. The van der Waals surface area contributed by atoms with Crippen LogP contribution < -0.4 is 0 Å². The van der Waals surface area contributed by atoms with Crippen LogP contribution >= 0.6 is 15.9 Å². The van der Waals surface area contributed by atoms with Crippen molar-refractivity contribution in [3.63, 3.8) is 0 Å². The molecule has 1 aromatic rings. The fraction of sp³-hybridized carbons (Fsp3) is 0.750. The zero-order chi connectivity index (χ0) is 9.14. The van der Waals surface area contributed by atoms with Gasteiger partial charge in [-0.1, -0.05) is 29.8 Å². The third-order valence-corrected chi connectivity index (χ3v) is 2.17. The first-order chi connectivity index (χ1) is 5.59. The van der Waals surface area contributed by atoms with Crippen LogP contribution in [0.15, 0.2) is 6.20 Å². The molecule has 0 aliphatic heterocycles. The Balaban J connectivity index is 2.58. The van der Waals surface area contributed by atoms with Crippen LogP contribution in [0.5, 0.6) is 0 Å². The molecule has 0 spiro atoms. The van der Waals surface area contributed by atoms with Gasteiger partial charge in [-0.3, -0.25) is 0 Å². The fourth-order valence-electron chi connectivity index (χ4n) is 1.20. The Kier molecular flexibility index (Phi) is 3.26. The van der Waals surface area contributed by atoms with Gasteiger partial charge in [0.2, 0.25) is 0 Å². The Labute approximate surface area is 81.3 Å². The standard InChI is InChI=1S/C8H14BrN3/c1-6(4-7(2)9)8-5-10-12(3)11-8/h5-7H,4H2,1-3H3. The van der Waals surface area contributed by atoms with Gasteiger partial charge in [-0.15, -0.1) is 0 Å². The maximum atomic E-state index is 4.25. The van der Waals surface area contributed by atoms with E-state index < -0.39 is 0 Å². The summed E-state index contributed by atoms with van der Waals surface area (Å²) in [7, 11) is 1.84. The molecule has 1 aromatic heterocycles. The lowest BCUT2D eigenvalue weighted by Crippen LogP contribution is -2.02. The normalized spacial score (nSPS) is 16.0. The summed E-state index contributed by atoms with van der Waals surface area (Å²) in [5.74, 6) is 0.480. The van der Waals surface area contributed by atoms with Gasteiger partial charge in [0.1, 0.15) is 0 Å². The van der Waals surface area contributed by atoms with Crippen LogP contribution in [-0.4, -0.2) is 19.8 Å². The number of aryl methyl sites for hydroxylation is 1. The summed E-state index contributed by atoms with van der Waals surface area (Å²) in [5, 5.41) is 8.28. The van der Waals surface area contributed by atoms with Crippen LogP contribution in [0.3, 0.4) is 0 Å². The number of hydrogen-bond acceptors (Lipinski definition) is 2. The third kappa shape index (κ3) is 2.59. The average molecular weight is 232 g/mol. The van der Waals surface area contributed by atoms with E-state index in [0.29, 0.717) is 10.7 Å². The molecule has 0 aromatic carbocycles. The summed E-state index contributed by atoms with van der Waals surface area (Å²) in [6, 6.07) is 0. The molecule has 0 saturated heterocycles. The Bertz CT molecular complexity index is 244. The van der Waals surface area contributed by atoms with Crippen LogP contribution in [-0.2, 0) is 7.05 Å². The molecule has 12 heavy (non-hydrogen) atoms. The monoisotopic (exact) mass is 231 g/mol. The molecule has 0 aliphatic rings. The van der Waals surface area contributed by atoms with Crippen molar-refractivity contribution in [3.05, 3.63) is 11.9 Å². The highest BCUT2D eigenvalue weighted by Gasteiger charge is 2.11. The Morgan fingerprint density at radius 3 is 2.67 bits per heavy atom. The average Bonchev–Trinajstić information content (AvgIpc) is 2.34. The van der Waals surface area contributed by atoms with Gasteiger partial charge in [0.15, 0.2) is 0 Å². The molecule has 0 amide bonds. The minimum Gasteiger partial charge on any atom is -0.188 e. The van der Waals surface area contributed by atoms with Gasteiger partial charge in [0, 0.05) is 17.8 Å². The van der Waals surface area contributed by atoms with Crippen LogP contribution in [0.4, 0.5) is 0 Å². The first-order valence-electron chi connectivity index (χ1n) is 4.10. The second-order valence-electron chi connectivity index (χ2n) is 3.18. The molecular weight excluding hydrogens is 218 g/mol. The Hall–Kier alpha value is -0.380. The van der Waals surface area contributed by atoms with Crippen molar-refractivity contribution in [2.24, 2.45) is 7.05 Å². The molecule has 0 N–H and O–H groups in total. The first-order valence-corrected chi connectivity index (χ1v) is 5.01. The predicted molar refractivity (Wildman–Crippen MR) is 52.4 cm³/mol. The number of rotatable bonds is 3. The number of alkyl halides is 1. The number of hydrogen-bond donors (Lipinski definition) is 0. The fourth-order valence-corrected chi connectivity index (χ4v) is 1.76. The maximum Gasteiger partial charge on any atom is 0.0855 e. The third-order valence-electron chi connectivity index (χ3n) is 1.80. The van der Waals surface area contributed by atoms with Crippen molar-refractivity contribution < 1.29 is 0 Å². The van der Waals surface area contributed by atoms with Gasteiger partial charge in [0.05, 0.1) is 11.9 Å². The topological polar surface area (TPSA) is 30.7 Å². The van der Waals surface area contributed by atoms with Gasteiger partial charge < -0.3 is 0 Å². The van der Waals surface area contributed by atoms with Crippen molar-refractivity contribution in [1.29, 1.82) is 0 Å². The van der Waals surface area contributed by atoms with Gasteiger partial charge in [-0.2, -0.15) is 15.0 Å². The van der Waals surface area contributed by atoms with Crippen molar-refractivity contribution in [2.75, 3.05) is 0 Å². The van der Waals surface area contributed by atoms with E-state index >= 15 is 0 Å². The minimum absolute atomic E-state index is 0.480. The highest BCUT2D eigenvalue weighted by molar-refractivity contribution is 9.09. The van der Waals surface area contributed by atoms with E-state index in [-0.39, 0.29) is 0 Å². The van der Waals surface area contributed by atoms with E-state index in [0.717, 1.165) is 12.1 Å². The van der Waals surface area contributed by atoms with E-state index in [1.165, 1.54) is 0 Å². The van der Waals surface area contributed by atoms with Gasteiger partial charge in [-0.05, 0) is 6.42 Å². The predicted octanol–water partition coefficient (Wildman–Crippen LogP) is 2.09. The molecule has 1 heterocycles. The molecule has 0 saturated carbocycles. The molecule has 68 valence electrons. The smallest absolute Gasteiger partial charge is 0.0855 e. The summed E-state index contributed by atoms with van der Waals surface area (Å²) in [5.41, 5.74) is 1.07. The van der Waals surface area contributed by atoms with Crippen molar-refractivity contribution in [1.82, 2.24) is 15.0 Å². The van der Waals surface area contributed by atoms with E-state index in [2.05, 4.69) is 40.0 Å². The van der Waals surface area contributed by atoms with E-state index in [4.69, 9.17) is 0 Å². The maximum absolute atomic E-state index is 4.25. The summed E-state index contributed by atoms with van der Waals surface area (Å²) in [4.78, 5) is 2.14. The SMILES string of the molecule is CC(Br)CC(C)c1cnn(C)n1. The van der Waals surface area contributed by atoms with Crippen LogP contribution in [0.25, 0.3) is 0 Å². The molecule has 0 radical (unpaired) electrons.